The Morgan fingerprint density at radius 1 is 1.24 bits per heavy atom. The van der Waals surface area contributed by atoms with Crippen LogP contribution in [0.25, 0.3) is 0 Å². The lowest BCUT2D eigenvalue weighted by Crippen LogP contribution is -2.47. The van der Waals surface area contributed by atoms with Crippen molar-refractivity contribution < 1.29 is 14.3 Å². The molecular formula is C22H36N4O3. The van der Waals surface area contributed by atoms with E-state index in [0.29, 0.717) is 13.2 Å². The molecule has 7 heteroatoms. The number of nitrogens with one attached hydrogen (secondary N) is 1. The van der Waals surface area contributed by atoms with E-state index in [1.165, 1.54) is 5.56 Å². The van der Waals surface area contributed by atoms with Gasteiger partial charge in [0.05, 0.1) is 32.2 Å². The molecule has 1 heterocycles. The van der Waals surface area contributed by atoms with Gasteiger partial charge in [0.1, 0.15) is 5.75 Å². The van der Waals surface area contributed by atoms with Crippen LogP contribution in [0.5, 0.6) is 5.75 Å². The van der Waals surface area contributed by atoms with Crippen LogP contribution in [0.4, 0.5) is 0 Å². The smallest absolute Gasteiger partial charge is 0.309 e. The summed E-state index contributed by atoms with van der Waals surface area (Å²) in [5.41, 5.74) is 1.21. The monoisotopic (exact) mass is 404 g/mol. The largest absolute Gasteiger partial charge is 0.497 e. The maximum atomic E-state index is 12.0. The first-order chi connectivity index (χ1) is 14.0. The SMILES string of the molecule is CCNC(=NCC(c1ccc(OC)cc1)N(C)C)N1CCC(C(=O)OCC)CC1. The first kappa shape index (κ1) is 23.0. The van der Waals surface area contributed by atoms with E-state index >= 15 is 0 Å². The third-order valence-corrected chi connectivity index (χ3v) is 5.29. The fraction of sp³-hybridized carbons (Fsp3) is 0.636. The molecule has 0 spiro atoms. The van der Waals surface area contributed by atoms with Gasteiger partial charge in [-0.3, -0.25) is 9.79 Å². The number of methoxy groups -OCH3 is 1. The fourth-order valence-corrected chi connectivity index (χ4v) is 3.58. The van der Waals surface area contributed by atoms with Crippen LogP contribution in [0.1, 0.15) is 38.3 Å². The number of ether oxygens (including phenoxy) is 2. The topological polar surface area (TPSA) is 66.4 Å². The predicted molar refractivity (Wildman–Crippen MR) is 116 cm³/mol. The van der Waals surface area contributed by atoms with Crippen molar-refractivity contribution >= 4 is 11.9 Å². The van der Waals surface area contributed by atoms with Crippen LogP contribution in [0.15, 0.2) is 29.3 Å². The summed E-state index contributed by atoms with van der Waals surface area (Å²) in [7, 11) is 5.82. The third-order valence-electron chi connectivity index (χ3n) is 5.29. The van der Waals surface area contributed by atoms with Crippen LogP contribution in [0.2, 0.25) is 0 Å². The summed E-state index contributed by atoms with van der Waals surface area (Å²) in [6, 6.07) is 8.33. The van der Waals surface area contributed by atoms with Crippen LogP contribution in [0.3, 0.4) is 0 Å². The van der Waals surface area contributed by atoms with Crippen molar-refractivity contribution in [3.8, 4) is 5.75 Å². The summed E-state index contributed by atoms with van der Waals surface area (Å²) in [5.74, 6) is 1.70. The van der Waals surface area contributed by atoms with Crippen molar-refractivity contribution in [1.29, 1.82) is 0 Å². The Labute approximate surface area is 175 Å². The molecule has 1 aliphatic rings. The summed E-state index contributed by atoms with van der Waals surface area (Å²) < 4.78 is 10.4. The first-order valence-corrected chi connectivity index (χ1v) is 10.5. The maximum Gasteiger partial charge on any atom is 0.309 e. The number of piperidine rings is 1. The van der Waals surface area contributed by atoms with E-state index in [0.717, 1.165) is 44.2 Å². The molecule has 7 nitrogen and oxygen atoms in total. The van der Waals surface area contributed by atoms with Crippen LogP contribution in [-0.4, -0.2) is 75.7 Å². The minimum absolute atomic E-state index is 0.00268. The second-order valence-corrected chi connectivity index (χ2v) is 7.46. The Bertz CT molecular complexity index is 653. The zero-order valence-corrected chi connectivity index (χ0v) is 18.5. The van der Waals surface area contributed by atoms with Crippen molar-refractivity contribution in [2.24, 2.45) is 10.9 Å². The number of hydrogen-bond acceptors (Lipinski definition) is 5. The highest BCUT2D eigenvalue weighted by Crippen LogP contribution is 2.23. The number of carbonyl (C=O) groups excluding carboxylic acids is 1. The van der Waals surface area contributed by atoms with E-state index in [9.17, 15) is 4.79 Å². The Morgan fingerprint density at radius 3 is 2.41 bits per heavy atom. The number of aliphatic imine (C=N–C) groups is 1. The molecule has 1 unspecified atom stereocenters. The highest BCUT2D eigenvalue weighted by Gasteiger charge is 2.27. The van der Waals surface area contributed by atoms with Gasteiger partial charge in [-0.2, -0.15) is 0 Å². The standard InChI is InChI=1S/C22H36N4O3/c1-6-23-22(26-14-12-18(13-15-26)21(27)29-7-2)24-16-20(25(3)4)17-8-10-19(28-5)11-9-17/h8-11,18,20H,6-7,12-16H2,1-5H3,(H,23,24). The number of rotatable bonds is 8. The average molecular weight is 405 g/mol. The second-order valence-electron chi connectivity index (χ2n) is 7.46. The summed E-state index contributed by atoms with van der Waals surface area (Å²) in [6.45, 7) is 7.46. The number of guanidine groups is 1. The van der Waals surface area contributed by atoms with Gasteiger partial charge in [-0.25, -0.2) is 0 Å². The number of likely N-dealkylation sites (tertiary alicyclic amines) is 1. The average Bonchev–Trinajstić information content (AvgIpc) is 2.73. The van der Waals surface area contributed by atoms with E-state index in [2.05, 4.69) is 48.3 Å². The molecular weight excluding hydrogens is 368 g/mol. The Morgan fingerprint density at radius 2 is 1.90 bits per heavy atom. The maximum absolute atomic E-state index is 12.0. The summed E-state index contributed by atoms with van der Waals surface area (Å²) in [5, 5.41) is 3.41. The van der Waals surface area contributed by atoms with Crippen molar-refractivity contribution in [3.63, 3.8) is 0 Å². The minimum atomic E-state index is -0.0683. The summed E-state index contributed by atoms with van der Waals surface area (Å²) >= 11 is 0. The molecule has 0 saturated carbocycles. The molecule has 0 radical (unpaired) electrons. The van der Waals surface area contributed by atoms with Gasteiger partial charge in [0.2, 0.25) is 0 Å². The Hall–Kier alpha value is -2.28. The van der Waals surface area contributed by atoms with E-state index in [-0.39, 0.29) is 17.9 Å². The molecule has 0 aliphatic carbocycles. The molecule has 1 N–H and O–H groups in total. The summed E-state index contributed by atoms with van der Waals surface area (Å²) in [4.78, 5) is 21.4. The molecule has 1 aromatic rings. The molecule has 29 heavy (non-hydrogen) atoms. The number of nitrogens with zero attached hydrogens (tertiary/aromatic N) is 3. The van der Waals surface area contributed by atoms with Crippen LogP contribution >= 0.6 is 0 Å². The predicted octanol–water partition coefficient (Wildman–Crippen LogP) is 2.54. The lowest BCUT2D eigenvalue weighted by atomic mass is 9.97. The second kappa shape index (κ2) is 11.7. The van der Waals surface area contributed by atoms with Crippen molar-refractivity contribution in [3.05, 3.63) is 29.8 Å². The molecule has 162 valence electrons. The fourth-order valence-electron chi connectivity index (χ4n) is 3.58. The van der Waals surface area contributed by atoms with Crippen LogP contribution < -0.4 is 10.1 Å². The molecule has 1 aromatic carbocycles. The Kier molecular flexibility index (Phi) is 9.25. The quantitative estimate of drug-likeness (QED) is 0.408. The van der Waals surface area contributed by atoms with E-state index in [1.54, 1.807) is 7.11 Å². The summed E-state index contributed by atoms with van der Waals surface area (Å²) in [6.07, 6.45) is 1.61. The lowest BCUT2D eigenvalue weighted by molar-refractivity contribution is -0.149. The van der Waals surface area contributed by atoms with Crippen molar-refractivity contribution in [2.75, 3.05) is 54.0 Å². The third kappa shape index (κ3) is 6.63. The number of carbonyl (C=O) groups is 1. The molecule has 1 aliphatic heterocycles. The van der Waals surface area contributed by atoms with Crippen LogP contribution in [-0.2, 0) is 9.53 Å². The normalized spacial score (nSPS) is 16.6. The van der Waals surface area contributed by atoms with Gasteiger partial charge in [-0.05, 0) is 58.5 Å². The highest BCUT2D eigenvalue weighted by atomic mass is 16.5. The molecule has 1 fully saturated rings. The zero-order valence-electron chi connectivity index (χ0n) is 18.5. The lowest BCUT2D eigenvalue weighted by Gasteiger charge is -2.34. The van der Waals surface area contributed by atoms with Crippen molar-refractivity contribution in [2.45, 2.75) is 32.7 Å². The first-order valence-electron chi connectivity index (χ1n) is 10.5. The van der Waals surface area contributed by atoms with E-state index < -0.39 is 0 Å². The van der Waals surface area contributed by atoms with Gasteiger partial charge in [0.25, 0.3) is 0 Å². The molecule has 0 amide bonds. The number of esters is 1. The van der Waals surface area contributed by atoms with E-state index in [1.807, 2.05) is 19.1 Å². The number of benzene rings is 1. The Balaban J connectivity index is 2.05. The molecule has 0 aromatic heterocycles. The van der Waals surface area contributed by atoms with Crippen molar-refractivity contribution in [1.82, 2.24) is 15.1 Å². The van der Waals surface area contributed by atoms with Gasteiger partial charge in [-0.15, -0.1) is 0 Å². The van der Waals surface area contributed by atoms with Gasteiger partial charge >= 0.3 is 5.97 Å². The van der Waals surface area contributed by atoms with Gasteiger partial charge in [0, 0.05) is 19.6 Å². The van der Waals surface area contributed by atoms with E-state index in [4.69, 9.17) is 14.5 Å². The number of likely N-dealkylation sites (N-methyl/N-ethyl adjacent to an activating group) is 1. The van der Waals surface area contributed by atoms with Crippen LogP contribution in [0, 0.1) is 5.92 Å². The van der Waals surface area contributed by atoms with Gasteiger partial charge in [0.15, 0.2) is 5.96 Å². The van der Waals surface area contributed by atoms with Gasteiger partial charge in [-0.1, -0.05) is 12.1 Å². The molecule has 0 bridgehead atoms. The highest BCUT2D eigenvalue weighted by molar-refractivity contribution is 5.80. The number of hydrogen-bond donors (Lipinski definition) is 1. The molecule has 2 rings (SSSR count). The molecule has 1 saturated heterocycles. The minimum Gasteiger partial charge on any atom is -0.497 e. The zero-order chi connectivity index (χ0) is 21.2. The molecule has 1 atom stereocenters. The van der Waals surface area contributed by atoms with Gasteiger partial charge < -0.3 is 24.6 Å².